The van der Waals surface area contributed by atoms with Gasteiger partial charge in [-0.1, -0.05) is 66.2 Å². The molecule has 3 aromatic carbocycles. The van der Waals surface area contributed by atoms with Crippen LogP contribution >= 0.6 is 11.6 Å². The fraction of sp³-hybridized carbons (Fsp3) is 0.406. The molecule has 0 amide bonds. The van der Waals surface area contributed by atoms with Crippen molar-refractivity contribution < 1.29 is 24.5 Å². The van der Waals surface area contributed by atoms with Gasteiger partial charge in [0.05, 0.1) is 20.3 Å². The third-order valence-corrected chi connectivity index (χ3v) is 6.08. The van der Waals surface area contributed by atoms with Gasteiger partial charge >= 0.3 is 0 Å². The second-order valence-electron chi connectivity index (χ2n) is 10.1. The number of nitrogens with zero attached hydrogens (tertiary/aromatic N) is 1. The van der Waals surface area contributed by atoms with Crippen LogP contribution in [0.15, 0.2) is 78.9 Å². The van der Waals surface area contributed by atoms with Crippen LogP contribution in [0.25, 0.3) is 0 Å². The molecule has 1 fully saturated rings. The maximum Gasteiger partial charge on any atom is 0.293 e. The molecule has 4 rings (SSSR count). The Labute approximate surface area is 239 Å². The number of rotatable bonds is 5. The van der Waals surface area contributed by atoms with Crippen LogP contribution in [0.3, 0.4) is 0 Å². The molecule has 0 saturated carbocycles. The molecular weight excluding hydrogens is 514 g/mol. The molecule has 0 radical (unpaired) electrons. The summed E-state index contributed by atoms with van der Waals surface area (Å²) in [5.74, 6) is 1.56. The summed E-state index contributed by atoms with van der Waals surface area (Å²) in [6.45, 7) is 8.58. The lowest BCUT2D eigenvalue weighted by molar-refractivity contribution is -0.138. The molecule has 39 heavy (non-hydrogen) atoms. The van der Waals surface area contributed by atoms with E-state index in [9.17, 15) is 4.79 Å². The molecule has 2 N–H and O–H groups in total. The summed E-state index contributed by atoms with van der Waals surface area (Å²) in [6.07, 6.45) is 2.55. The number of carbonyl (C=O) groups excluding carboxylic acids is 1. The number of ether oxygens (including phenoxy) is 2. The van der Waals surface area contributed by atoms with E-state index in [0.29, 0.717) is 6.47 Å². The highest BCUT2D eigenvalue weighted by Crippen LogP contribution is 2.28. The van der Waals surface area contributed by atoms with Gasteiger partial charge in [0.25, 0.3) is 6.47 Å². The van der Waals surface area contributed by atoms with Crippen molar-refractivity contribution in [2.45, 2.75) is 58.3 Å². The molecule has 0 spiro atoms. The zero-order valence-electron chi connectivity index (χ0n) is 23.8. The number of aliphatic hydroxyl groups is 2. The van der Waals surface area contributed by atoms with E-state index in [-0.39, 0.29) is 18.8 Å². The van der Waals surface area contributed by atoms with E-state index in [1.807, 2.05) is 87.5 Å². The zero-order valence-corrected chi connectivity index (χ0v) is 24.6. The summed E-state index contributed by atoms with van der Waals surface area (Å²) >= 11 is 5.87. The summed E-state index contributed by atoms with van der Waals surface area (Å²) in [5, 5.41) is 18.0. The molecule has 3 aromatic rings. The third kappa shape index (κ3) is 16.0. The molecule has 1 saturated heterocycles. The van der Waals surface area contributed by atoms with Gasteiger partial charge in [0, 0.05) is 5.02 Å². The highest BCUT2D eigenvalue weighted by atomic mass is 35.5. The number of methoxy groups -OCH3 is 1. The molecule has 0 aromatic heterocycles. The Morgan fingerprint density at radius 2 is 1.38 bits per heavy atom. The Morgan fingerprint density at radius 3 is 1.77 bits per heavy atom. The Hall–Kier alpha value is -2.90. The van der Waals surface area contributed by atoms with Gasteiger partial charge in [-0.05, 0) is 101 Å². The van der Waals surface area contributed by atoms with Gasteiger partial charge in [0.15, 0.2) is 0 Å². The van der Waals surface area contributed by atoms with Crippen molar-refractivity contribution in [3.63, 3.8) is 0 Å². The van der Waals surface area contributed by atoms with E-state index in [2.05, 4.69) is 28.8 Å². The predicted octanol–water partition coefficient (Wildman–Crippen LogP) is 6.47. The van der Waals surface area contributed by atoms with Crippen LogP contribution in [0.4, 0.5) is 0 Å². The van der Waals surface area contributed by atoms with Crippen LogP contribution in [-0.2, 0) is 22.7 Å². The minimum atomic E-state index is -0.318. The van der Waals surface area contributed by atoms with Crippen molar-refractivity contribution in [2.24, 2.45) is 0 Å². The Morgan fingerprint density at radius 1 is 0.872 bits per heavy atom. The van der Waals surface area contributed by atoms with Gasteiger partial charge in [-0.2, -0.15) is 0 Å². The fourth-order valence-corrected chi connectivity index (χ4v) is 3.66. The molecule has 1 heterocycles. The van der Waals surface area contributed by atoms with Crippen molar-refractivity contribution in [3.8, 4) is 5.75 Å². The lowest BCUT2D eigenvalue weighted by Crippen LogP contribution is -2.29. The summed E-state index contributed by atoms with van der Waals surface area (Å²) in [7, 11) is 3.81. The van der Waals surface area contributed by atoms with Crippen LogP contribution in [0.5, 0.6) is 5.75 Å². The number of likely N-dealkylation sites (tertiary alicyclic amines) is 1. The van der Waals surface area contributed by atoms with E-state index >= 15 is 0 Å². The number of benzene rings is 3. The van der Waals surface area contributed by atoms with Crippen LogP contribution in [0.1, 0.15) is 56.2 Å². The first-order chi connectivity index (χ1) is 18.6. The lowest BCUT2D eigenvalue weighted by Gasteiger charge is -2.29. The van der Waals surface area contributed by atoms with Gasteiger partial charge in [0.2, 0.25) is 0 Å². The summed E-state index contributed by atoms with van der Waals surface area (Å²) < 4.78 is 9.48. The number of halogens is 1. The Kier molecular flexibility index (Phi) is 16.8. The molecule has 1 aliphatic heterocycles. The number of aliphatic hydroxyl groups excluding tert-OH is 2. The first-order valence-electron chi connectivity index (χ1n) is 13.1. The molecular formula is C32H44ClNO5. The quantitative estimate of drug-likeness (QED) is 0.350. The number of carbonyl (C=O) groups is 1. The topological polar surface area (TPSA) is 79.2 Å². The van der Waals surface area contributed by atoms with E-state index in [4.69, 9.17) is 26.6 Å². The zero-order chi connectivity index (χ0) is 29.1. The van der Waals surface area contributed by atoms with Crippen molar-refractivity contribution in [2.75, 3.05) is 27.2 Å². The second-order valence-corrected chi connectivity index (χ2v) is 10.5. The molecule has 0 bridgehead atoms. The third-order valence-electron chi connectivity index (χ3n) is 5.83. The van der Waals surface area contributed by atoms with Gasteiger partial charge < -0.3 is 24.6 Å². The standard InChI is InChI=1S/C12H16ClN.C8H10O2.C7H8O.C5H10O2/c1-14-8-6-11(7-9-14)10-2-4-12(13)5-3-10;1-10-8-4-2-7(6-9)3-5-8;8-6-7-4-2-1-3-5-7;1-5(2,3)7-4-6/h2-5,11H,6-9H2,1H3;2-5,9H,6H2,1H3;1-5,8H,6H2;4H,1-3H3. The predicted molar refractivity (Wildman–Crippen MR) is 159 cm³/mol. The van der Waals surface area contributed by atoms with Crippen molar-refractivity contribution in [1.82, 2.24) is 4.90 Å². The molecule has 6 nitrogen and oxygen atoms in total. The Balaban J connectivity index is 0.000000271. The molecule has 0 atom stereocenters. The summed E-state index contributed by atoms with van der Waals surface area (Å²) in [4.78, 5) is 12.0. The first kappa shape index (κ1) is 34.1. The SMILES string of the molecule is CC(C)(C)OC=O.CN1CCC(c2ccc(Cl)cc2)CC1.COc1ccc(CO)cc1.OCc1ccccc1. The smallest absolute Gasteiger partial charge is 0.293 e. The van der Waals surface area contributed by atoms with E-state index in [1.54, 1.807) is 7.11 Å². The molecule has 1 aliphatic rings. The number of hydrogen-bond donors (Lipinski definition) is 2. The minimum Gasteiger partial charge on any atom is -0.497 e. The maximum absolute atomic E-state index is 9.60. The molecule has 7 heteroatoms. The van der Waals surface area contributed by atoms with Crippen LogP contribution in [0, 0.1) is 0 Å². The van der Waals surface area contributed by atoms with E-state index in [0.717, 1.165) is 27.8 Å². The largest absolute Gasteiger partial charge is 0.497 e. The summed E-state index contributed by atoms with van der Waals surface area (Å²) in [6, 6.07) is 25.2. The highest BCUT2D eigenvalue weighted by Gasteiger charge is 2.17. The van der Waals surface area contributed by atoms with Crippen molar-refractivity contribution in [1.29, 1.82) is 0 Å². The molecule has 0 aliphatic carbocycles. The lowest BCUT2D eigenvalue weighted by atomic mass is 9.90. The van der Waals surface area contributed by atoms with Crippen LogP contribution < -0.4 is 4.74 Å². The van der Waals surface area contributed by atoms with Gasteiger partial charge in [-0.15, -0.1) is 0 Å². The summed E-state index contributed by atoms with van der Waals surface area (Å²) in [5.41, 5.74) is 3.00. The minimum absolute atomic E-state index is 0.0873. The van der Waals surface area contributed by atoms with Crippen LogP contribution in [-0.4, -0.2) is 54.4 Å². The van der Waals surface area contributed by atoms with Crippen LogP contribution in [0.2, 0.25) is 5.02 Å². The number of piperidine rings is 1. The van der Waals surface area contributed by atoms with E-state index < -0.39 is 0 Å². The van der Waals surface area contributed by atoms with Gasteiger partial charge in [-0.3, -0.25) is 4.79 Å². The Bertz CT molecular complexity index is 990. The highest BCUT2D eigenvalue weighted by molar-refractivity contribution is 6.30. The van der Waals surface area contributed by atoms with Crippen molar-refractivity contribution in [3.05, 3.63) is 101 Å². The maximum atomic E-state index is 9.60. The normalized spacial score (nSPS) is 13.3. The fourth-order valence-electron chi connectivity index (χ4n) is 3.54. The van der Waals surface area contributed by atoms with E-state index in [1.165, 1.54) is 31.5 Å². The second kappa shape index (κ2) is 19.2. The number of hydrogen-bond acceptors (Lipinski definition) is 6. The van der Waals surface area contributed by atoms with Crippen molar-refractivity contribution >= 4 is 18.1 Å². The average Bonchev–Trinajstić information content (AvgIpc) is 2.95. The monoisotopic (exact) mass is 557 g/mol. The van der Waals surface area contributed by atoms with Gasteiger partial charge in [0.1, 0.15) is 11.4 Å². The van der Waals surface area contributed by atoms with Gasteiger partial charge in [-0.25, -0.2) is 0 Å². The average molecular weight is 558 g/mol. The molecule has 0 unspecified atom stereocenters. The first-order valence-corrected chi connectivity index (χ1v) is 13.4. The molecule has 214 valence electrons.